The van der Waals surface area contributed by atoms with Gasteiger partial charge in [-0.1, -0.05) is 20.3 Å². The van der Waals surface area contributed by atoms with Crippen LogP contribution in [0.3, 0.4) is 0 Å². The molecule has 0 unspecified atom stereocenters. The van der Waals surface area contributed by atoms with E-state index in [-0.39, 0.29) is 6.04 Å². The molecule has 0 spiro atoms. The second-order valence-corrected chi connectivity index (χ2v) is 4.79. The molecule has 0 aliphatic carbocycles. The molecule has 1 heterocycles. The van der Waals surface area contributed by atoms with Crippen molar-refractivity contribution < 1.29 is 20.4 Å². The summed E-state index contributed by atoms with van der Waals surface area (Å²) in [6, 6.07) is -0.700. The number of nitrogens with zero attached hydrogens (tertiary/aromatic N) is 1. The Kier molecular flexibility index (Phi) is 5.82. The van der Waals surface area contributed by atoms with Crippen molar-refractivity contribution in [3.8, 4) is 0 Å². The van der Waals surface area contributed by atoms with E-state index in [1.165, 1.54) is 0 Å². The third kappa shape index (κ3) is 2.98. The Morgan fingerprint density at radius 3 is 2.29 bits per heavy atom. The van der Waals surface area contributed by atoms with Crippen LogP contribution in [-0.2, 0) is 0 Å². The minimum Gasteiger partial charge on any atom is -0.394 e. The molecular weight excluding hydrogens is 222 g/mol. The highest BCUT2D eigenvalue weighted by atomic mass is 16.3. The molecule has 0 aromatic carbocycles. The highest BCUT2D eigenvalue weighted by Gasteiger charge is 2.48. The van der Waals surface area contributed by atoms with E-state index in [1.807, 2.05) is 11.8 Å². The van der Waals surface area contributed by atoms with Gasteiger partial charge in [0, 0.05) is 6.04 Å². The first-order valence-electron chi connectivity index (χ1n) is 6.49. The average Bonchev–Trinajstić information content (AvgIpc) is 2.58. The van der Waals surface area contributed by atoms with Gasteiger partial charge in [-0.2, -0.15) is 0 Å². The fraction of sp³-hybridized carbons (Fsp3) is 1.00. The summed E-state index contributed by atoms with van der Waals surface area (Å²) >= 11 is 0. The number of aliphatic hydroxyl groups excluding tert-OH is 4. The smallest absolute Gasteiger partial charge is 0.0995 e. The average molecular weight is 247 g/mol. The molecular formula is C12H25NO4. The number of likely N-dealkylation sites (tertiary alicyclic amines) is 1. The monoisotopic (exact) mass is 247 g/mol. The van der Waals surface area contributed by atoms with Gasteiger partial charge in [-0.15, -0.1) is 0 Å². The highest BCUT2D eigenvalue weighted by molar-refractivity contribution is 5.02. The van der Waals surface area contributed by atoms with Crippen LogP contribution < -0.4 is 0 Å². The first-order chi connectivity index (χ1) is 8.08. The summed E-state index contributed by atoms with van der Waals surface area (Å²) in [5.74, 6) is 0. The second kappa shape index (κ2) is 6.66. The van der Waals surface area contributed by atoms with Gasteiger partial charge in [-0.25, -0.2) is 0 Å². The van der Waals surface area contributed by atoms with Crippen LogP contribution in [0.5, 0.6) is 0 Å². The van der Waals surface area contributed by atoms with Crippen molar-refractivity contribution in [1.82, 2.24) is 4.90 Å². The highest BCUT2D eigenvalue weighted by Crippen LogP contribution is 2.29. The lowest BCUT2D eigenvalue weighted by Crippen LogP contribution is -2.48. The van der Waals surface area contributed by atoms with E-state index in [0.717, 1.165) is 25.8 Å². The van der Waals surface area contributed by atoms with Gasteiger partial charge in [0.05, 0.1) is 31.0 Å². The summed E-state index contributed by atoms with van der Waals surface area (Å²) in [7, 11) is 0. The van der Waals surface area contributed by atoms with Gasteiger partial charge in [0.15, 0.2) is 0 Å². The minimum absolute atomic E-state index is 0.136. The largest absolute Gasteiger partial charge is 0.394 e. The number of unbranched alkanes of at least 4 members (excludes halogenated alkanes) is 1. The molecule has 5 atom stereocenters. The molecule has 1 aliphatic heterocycles. The van der Waals surface area contributed by atoms with Gasteiger partial charge in [0.25, 0.3) is 0 Å². The summed E-state index contributed by atoms with van der Waals surface area (Å²) in [5.41, 5.74) is 0. The Labute approximate surface area is 103 Å². The molecule has 0 bridgehead atoms. The molecule has 1 saturated heterocycles. The predicted molar refractivity (Wildman–Crippen MR) is 64.6 cm³/mol. The van der Waals surface area contributed by atoms with Crippen molar-refractivity contribution in [2.45, 2.75) is 63.5 Å². The number of aliphatic hydroxyl groups is 4. The zero-order valence-electron chi connectivity index (χ0n) is 10.7. The lowest BCUT2D eigenvalue weighted by Gasteiger charge is -2.32. The van der Waals surface area contributed by atoms with E-state index in [0.29, 0.717) is 0 Å². The number of hydrogen-bond acceptors (Lipinski definition) is 5. The van der Waals surface area contributed by atoms with Crippen molar-refractivity contribution >= 4 is 0 Å². The fourth-order valence-electron chi connectivity index (χ4n) is 2.73. The van der Waals surface area contributed by atoms with Gasteiger partial charge >= 0.3 is 0 Å². The standard InChI is InChI=1S/C12H25NO4/c1-3-5-6-13-8(4-2)11(16)12(17)10(13)9(15)7-14/h8-12,14-17H,3-7H2,1-2H3/t8-,9+,10+,11-,12+/m1/s1. The van der Waals surface area contributed by atoms with Crippen LogP contribution in [0.1, 0.15) is 33.1 Å². The van der Waals surface area contributed by atoms with Gasteiger partial charge in [0.1, 0.15) is 0 Å². The molecule has 5 nitrogen and oxygen atoms in total. The Hall–Kier alpha value is -0.200. The molecule has 17 heavy (non-hydrogen) atoms. The van der Waals surface area contributed by atoms with Gasteiger partial charge in [0.2, 0.25) is 0 Å². The van der Waals surface area contributed by atoms with Crippen LogP contribution in [0, 0.1) is 0 Å². The quantitative estimate of drug-likeness (QED) is 0.500. The van der Waals surface area contributed by atoms with Gasteiger partial charge in [-0.3, -0.25) is 4.90 Å². The molecule has 0 aromatic heterocycles. The predicted octanol–water partition coefficient (Wildman–Crippen LogP) is -0.676. The van der Waals surface area contributed by atoms with Crippen molar-refractivity contribution in [3.05, 3.63) is 0 Å². The summed E-state index contributed by atoms with van der Waals surface area (Å²) < 4.78 is 0. The Morgan fingerprint density at radius 2 is 1.82 bits per heavy atom. The Bertz CT molecular complexity index is 227. The molecule has 102 valence electrons. The molecule has 1 rings (SSSR count). The van der Waals surface area contributed by atoms with E-state index in [9.17, 15) is 15.3 Å². The van der Waals surface area contributed by atoms with E-state index in [1.54, 1.807) is 0 Å². The molecule has 0 saturated carbocycles. The molecule has 1 fully saturated rings. The van der Waals surface area contributed by atoms with Crippen molar-refractivity contribution in [2.24, 2.45) is 0 Å². The van der Waals surface area contributed by atoms with E-state index in [4.69, 9.17) is 5.11 Å². The maximum Gasteiger partial charge on any atom is 0.0995 e. The summed E-state index contributed by atoms with van der Waals surface area (Å²) in [4.78, 5) is 1.94. The van der Waals surface area contributed by atoms with Crippen molar-refractivity contribution in [3.63, 3.8) is 0 Å². The van der Waals surface area contributed by atoms with Gasteiger partial charge in [-0.05, 0) is 19.4 Å². The Morgan fingerprint density at radius 1 is 1.18 bits per heavy atom. The van der Waals surface area contributed by atoms with Crippen LogP contribution >= 0.6 is 0 Å². The number of rotatable bonds is 6. The SMILES string of the molecule is CCCCN1[C@@H]([C@@H](O)CO)[C@H](O)[C@H](O)[C@H]1CC. The number of hydrogen-bond donors (Lipinski definition) is 4. The first-order valence-corrected chi connectivity index (χ1v) is 6.49. The molecule has 5 heteroatoms. The topological polar surface area (TPSA) is 84.2 Å². The van der Waals surface area contributed by atoms with Crippen molar-refractivity contribution in [1.29, 1.82) is 0 Å². The second-order valence-electron chi connectivity index (χ2n) is 4.79. The van der Waals surface area contributed by atoms with Gasteiger partial charge < -0.3 is 20.4 Å². The van der Waals surface area contributed by atoms with Crippen LogP contribution in [0.2, 0.25) is 0 Å². The normalized spacial score (nSPS) is 36.4. The summed E-state index contributed by atoms with van der Waals surface area (Å²) in [5, 5.41) is 38.7. The van der Waals surface area contributed by atoms with E-state index >= 15 is 0 Å². The summed E-state index contributed by atoms with van der Waals surface area (Å²) in [6.45, 7) is 4.35. The molecule has 0 radical (unpaired) electrons. The molecule has 4 N–H and O–H groups in total. The summed E-state index contributed by atoms with van der Waals surface area (Å²) in [6.07, 6.45) is -0.155. The molecule has 0 amide bonds. The maximum absolute atomic E-state index is 9.97. The van der Waals surface area contributed by atoms with Crippen LogP contribution in [0.4, 0.5) is 0 Å². The lowest BCUT2D eigenvalue weighted by molar-refractivity contribution is -0.0306. The van der Waals surface area contributed by atoms with Crippen LogP contribution in [-0.4, -0.2) is 68.9 Å². The van der Waals surface area contributed by atoms with E-state index < -0.39 is 31.0 Å². The minimum atomic E-state index is -1.01. The first kappa shape index (κ1) is 14.9. The maximum atomic E-state index is 9.97. The fourth-order valence-corrected chi connectivity index (χ4v) is 2.73. The zero-order chi connectivity index (χ0) is 13.0. The Balaban J connectivity index is 2.82. The van der Waals surface area contributed by atoms with E-state index in [2.05, 4.69) is 6.92 Å². The zero-order valence-corrected chi connectivity index (χ0v) is 10.7. The molecule has 1 aliphatic rings. The van der Waals surface area contributed by atoms with Crippen molar-refractivity contribution in [2.75, 3.05) is 13.2 Å². The van der Waals surface area contributed by atoms with Crippen LogP contribution in [0.15, 0.2) is 0 Å². The molecule has 0 aromatic rings. The lowest BCUT2D eigenvalue weighted by atomic mass is 10.0. The van der Waals surface area contributed by atoms with Crippen LogP contribution in [0.25, 0.3) is 0 Å². The third-order valence-corrected chi connectivity index (χ3v) is 3.67. The third-order valence-electron chi connectivity index (χ3n) is 3.67.